The molecule has 0 aromatic heterocycles. The van der Waals surface area contributed by atoms with Crippen molar-refractivity contribution in [2.24, 2.45) is 11.8 Å². The molecule has 3 unspecified atom stereocenters. The Bertz CT molecular complexity index is 214. The molecule has 0 aromatic carbocycles. The highest BCUT2D eigenvalue weighted by Gasteiger charge is 2.33. The van der Waals surface area contributed by atoms with Crippen LogP contribution in [-0.2, 0) is 4.79 Å². The van der Waals surface area contributed by atoms with Gasteiger partial charge in [-0.05, 0) is 39.7 Å². The zero-order valence-electron chi connectivity index (χ0n) is 10.4. The summed E-state index contributed by atoms with van der Waals surface area (Å²) in [4.78, 5) is 14.2. The Morgan fingerprint density at radius 2 is 1.93 bits per heavy atom. The molecule has 1 N–H and O–H groups in total. The van der Waals surface area contributed by atoms with Crippen molar-refractivity contribution < 1.29 is 4.79 Å². The van der Waals surface area contributed by atoms with Gasteiger partial charge in [0.2, 0.25) is 5.91 Å². The first-order chi connectivity index (χ1) is 7.11. The molecule has 0 spiro atoms. The third-order valence-electron chi connectivity index (χ3n) is 3.74. The molecule has 3 atom stereocenters. The van der Waals surface area contributed by atoms with Gasteiger partial charge in [0.15, 0.2) is 0 Å². The van der Waals surface area contributed by atoms with Gasteiger partial charge in [0, 0.05) is 25.0 Å². The lowest BCUT2D eigenvalue weighted by Gasteiger charge is -2.36. The number of nitrogens with one attached hydrogen (secondary N) is 1. The van der Waals surface area contributed by atoms with Crippen molar-refractivity contribution in [1.82, 2.24) is 10.2 Å². The average Bonchev–Trinajstić information content (AvgIpc) is 2.23. The molecule has 1 aliphatic heterocycles. The van der Waals surface area contributed by atoms with Crippen molar-refractivity contribution in [1.29, 1.82) is 0 Å². The molecule has 0 aliphatic carbocycles. The van der Waals surface area contributed by atoms with Crippen LogP contribution in [0, 0.1) is 11.8 Å². The standard InChI is InChI=1S/C12H24N2O/c1-5-14(6-2)12(15)11-7-8-13-10(4)9(11)3/h9-11,13H,5-8H2,1-4H3. The molecular weight excluding hydrogens is 188 g/mol. The second kappa shape index (κ2) is 5.50. The summed E-state index contributed by atoms with van der Waals surface area (Å²) in [5.74, 6) is 1.02. The Morgan fingerprint density at radius 3 is 2.47 bits per heavy atom. The number of carbonyl (C=O) groups excluding carboxylic acids is 1. The van der Waals surface area contributed by atoms with Crippen molar-refractivity contribution >= 4 is 5.91 Å². The molecule has 1 heterocycles. The highest BCUT2D eigenvalue weighted by molar-refractivity contribution is 5.79. The summed E-state index contributed by atoms with van der Waals surface area (Å²) in [5, 5.41) is 3.42. The highest BCUT2D eigenvalue weighted by atomic mass is 16.2. The third kappa shape index (κ3) is 2.71. The molecular formula is C12H24N2O. The van der Waals surface area contributed by atoms with Gasteiger partial charge in [-0.25, -0.2) is 0 Å². The van der Waals surface area contributed by atoms with Gasteiger partial charge in [-0.1, -0.05) is 6.92 Å². The summed E-state index contributed by atoms with van der Waals surface area (Å²) >= 11 is 0. The predicted molar refractivity (Wildman–Crippen MR) is 62.7 cm³/mol. The van der Waals surface area contributed by atoms with E-state index in [9.17, 15) is 4.79 Å². The van der Waals surface area contributed by atoms with Gasteiger partial charge in [0.05, 0.1) is 0 Å². The van der Waals surface area contributed by atoms with Crippen LogP contribution < -0.4 is 5.32 Å². The molecule has 1 fully saturated rings. The maximum absolute atomic E-state index is 12.2. The normalized spacial score (nSPS) is 31.3. The van der Waals surface area contributed by atoms with Crippen molar-refractivity contribution in [3.05, 3.63) is 0 Å². The first-order valence-electron chi connectivity index (χ1n) is 6.13. The molecule has 1 aliphatic rings. The fourth-order valence-corrected chi connectivity index (χ4v) is 2.38. The van der Waals surface area contributed by atoms with E-state index in [0.717, 1.165) is 26.1 Å². The lowest BCUT2D eigenvalue weighted by Crippen LogP contribution is -2.49. The topological polar surface area (TPSA) is 32.3 Å². The van der Waals surface area contributed by atoms with Gasteiger partial charge >= 0.3 is 0 Å². The van der Waals surface area contributed by atoms with Crippen LogP contribution in [0.25, 0.3) is 0 Å². The molecule has 1 amide bonds. The SMILES string of the molecule is CCN(CC)C(=O)C1CCNC(C)C1C. The molecule has 1 saturated heterocycles. The summed E-state index contributed by atoms with van der Waals surface area (Å²) < 4.78 is 0. The summed E-state index contributed by atoms with van der Waals surface area (Å²) in [6.45, 7) is 11.1. The van der Waals surface area contributed by atoms with Crippen LogP contribution in [-0.4, -0.2) is 36.5 Å². The zero-order valence-corrected chi connectivity index (χ0v) is 10.4. The van der Waals surface area contributed by atoms with E-state index in [1.807, 2.05) is 4.90 Å². The summed E-state index contributed by atoms with van der Waals surface area (Å²) in [5.41, 5.74) is 0. The molecule has 0 aromatic rings. The van der Waals surface area contributed by atoms with Crippen LogP contribution in [0.3, 0.4) is 0 Å². The maximum atomic E-state index is 12.2. The Kier molecular flexibility index (Phi) is 4.58. The third-order valence-corrected chi connectivity index (χ3v) is 3.74. The molecule has 1 rings (SSSR count). The van der Waals surface area contributed by atoms with Crippen LogP contribution in [0.15, 0.2) is 0 Å². The van der Waals surface area contributed by atoms with Gasteiger partial charge in [0.1, 0.15) is 0 Å². The quantitative estimate of drug-likeness (QED) is 0.768. The average molecular weight is 212 g/mol. The van der Waals surface area contributed by atoms with Crippen molar-refractivity contribution in [3.63, 3.8) is 0 Å². The second-order valence-corrected chi connectivity index (χ2v) is 4.51. The van der Waals surface area contributed by atoms with E-state index in [-0.39, 0.29) is 5.92 Å². The van der Waals surface area contributed by atoms with Crippen LogP contribution in [0.5, 0.6) is 0 Å². The molecule has 15 heavy (non-hydrogen) atoms. The second-order valence-electron chi connectivity index (χ2n) is 4.51. The number of nitrogens with zero attached hydrogens (tertiary/aromatic N) is 1. The van der Waals surface area contributed by atoms with E-state index in [4.69, 9.17) is 0 Å². The number of hydrogen-bond acceptors (Lipinski definition) is 2. The summed E-state index contributed by atoms with van der Waals surface area (Å²) in [7, 11) is 0. The summed E-state index contributed by atoms with van der Waals surface area (Å²) in [6, 6.07) is 0.461. The van der Waals surface area contributed by atoms with Crippen molar-refractivity contribution in [2.75, 3.05) is 19.6 Å². The minimum atomic E-state index is 0.223. The number of carbonyl (C=O) groups is 1. The molecule has 3 nitrogen and oxygen atoms in total. The monoisotopic (exact) mass is 212 g/mol. The molecule has 0 saturated carbocycles. The van der Waals surface area contributed by atoms with E-state index in [2.05, 4.69) is 33.0 Å². The van der Waals surface area contributed by atoms with Crippen molar-refractivity contribution in [2.45, 2.75) is 40.2 Å². The lowest BCUT2D eigenvalue weighted by molar-refractivity contribution is -0.138. The highest BCUT2D eigenvalue weighted by Crippen LogP contribution is 2.25. The van der Waals surface area contributed by atoms with Gasteiger partial charge in [0.25, 0.3) is 0 Å². The van der Waals surface area contributed by atoms with Gasteiger partial charge in [-0.3, -0.25) is 4.79 Å². The fourth-order valence-electron chi connectivity index (χ4n) is 2.38. The minimum absolute atomic E-state index is 0.223. The molecule has 0 bridgehead atoms. The Morgan fingerprint density at radius 1 is 1.33 bits per heavy atom. The molecule has 0 radical (unpaired) electrons. The Balaban J connectivity index is 2.65. The van der Waals surface area contributed by atoms with Gasteiger partial charge in [-0.2, -0.15) is 0 Å². The van der Waals surface area contributed by atoms with Crippen molar-refractivity contribution in [3.8, 4) is 0 Å². The fraction of sp³-hybridized carbons (Fsp3) is 0.917. The van der Waals surface area contributed by atoms with E-state index < -0.39 is 0 Å². The van der Waals surface area contributed by atoms with E-state index in [0.29, 0.717) is 17.9 Å². The summed E-state index contributed by atoms with van der Waals surface area (Å²) in [6.07, 6.45) is 0.987. The van der Waals surface area contributed by atoms with E-state index >= 15 is 0 Å². The maximum Gasteiger partial charge on any atom is 0.226 e. The van der Waals surface area contributed by atoms with Crippen LogP contribution in [0.2, 0.25) is 0 Å². The molecule has 88 valence electrons. The largest absolute Gasteiger partial charge is 0.343 e. The lowest BCUT2D eigenvalue weighted by atomic mass is 9.82. The van der Waals surface area contributed by atoms with E-state index in [1.54, 1.807) is 0 Å². The minimum Gasteiger partial charge on any atom is -0.343 e. The zero-order chi connectivity index (χ0) is 11.4. The number of rotatable bonds is 3. The number of piperidine rings is 1. The Labute approximate surface area is 93.2 Å². The molecule has 3 heteroatoms. The Hall–Kier alpha value is -0.570. The smallest absolute Gasteiger partial charge is 0.226 e. The number of hydrogen-bond donors (Lipinski definition) is 1. The van der Waals surface area contributed by atoms with Gasteiger partial charge < -0.3 is 10.2 Å². The predicted octanol–water partition coefficient (Wildman–Crippen LogP) is 1.49. The van der Waals surface area contributed by atoms with Gasteiger partial charge in [-0.15, -0.1) is 0 Å². The first-order valence-corrected chi connectivity index (χ1v) is 6.13. The van der Waals surface area contributed by atoms with Crippen LogP contribution >= 0.6 is 0 Å². The van der Waals surface area contributed by atoms with E-state index in [1.165, 1.54) is 0 Å². The first kappa shape index (κ1) is 12.5. The number of amides is 1. The van der Waals surface area contributed by atoms with Crippen LogP contribution in [0.1, 0.15) is 34.1 Å². The van der Waals surface area contributed by atoms with Crippen LogP contribution in [0.4, 0.5) is 0 Å².